The first-order valence-corrected chi connectivity index (χ1v) is 13.8. The lowest BCUT2D eigenvalue weighted by molar-refractivity contribution is 0.269. The Bertz CT molecular complexity index is 1410. The average molecular weight is 558 g/mol. The predicted molar refractivity (Wildman–Crippen MR) is 160 cm³/mol. The highest BCUT2D eigenvalue weighted by Gasteiger charge is 2.16. The molecule has 206 valence electrons. The Labute approximate surface area is 239 Å². The molecule has 0 amide bonds. The first-order valence-electron chi connectivity index (χ1n) is 13.4. The van der Waals surface area contributed by atoms with Crippen molar-refractivity contribution in [1.29, 1.82) is 0 Å². The van der Waals surface area contributed by atoms with Crippen LogP contribution in [0.2, 0.25) is 5.02 Å². The molecule has 4 aromatic rings. The first-order chi connectivity index (χ1) is 19.7. The Morgan fingerprint density at radius 3 is 2.42 bits per heavy atom. The van der Waals surface area contributed by atoms with E-state index in [1.807, 2.05) is 79.7 Å². The molecule has 1 fully saturated rings. The molecule has 5 rings (SSSR count). The summed E-state index contributed by atoms with van der Waals surface area (Å²) < 4.78 is 11.8. The quantitative estimate of drug-likeness (QED) is 0.156. The maximum absolute atomic E-state index is 6.01. The lowest BCUT2D eigenvalue weighted by atomic mass is 10.1. The lowest BCUT2D eigenvalue weighted by Crippen LogP contribution is -2.31. The van der Waals surface area contributed by atoms with Gasteiger partial charge in [-0.1, -0.05) is 41.9 Å². The minimum atomic E-state index is 0.359. The minimum absolute atomic E-state index is 0.359. The molecular weight excluding hydrogens is 526 g/mol. The van der Waals surface area contributed by atoms with Crippen LogP contribution in [0.25, 0.3) is 0 Å². The molecule has 2 N–H and O–H groups in total. The fraction of sp³-hybridized carbons (Fsp3) is 0.267. The fourth-order valence-electron chi connectivity index (χ4n) is 4.26. The summed E-state index contributed by atoms with van der Waals surface area (Å²) in [5, 5.41) is 8.36. The number of aromatic nitrogens is 3. The van der Waals surface area contributed by atoms with Gasteiger partial charge in [0.1, 0.15) is 6.61 Å². The van der Waals surface area contributed by atoms with Gasteiger partial charge in [-0.15, -0.1) is 0 Å². The molecule has 0 spiro atoms. The Balaban J connectivity index is 1.30. The molecule has 1 aliphatic rings. The number of para-hydroxylation sites is 1. The van der Waals surface area contributed by atoms with Crippen LogP contribution in [0, 0.1) is 0 Å². The number of piperidine rings is 1. The Hall–Kier alpha value is -4.37. The number of hydrogen-bond acceptors (Lipinski definition) is 9. The number of hydrazone groups is 1. The second-order valence-electron chi connectivity index (χ2n) is 9.25. The van der Waals surface area contributed by atoms with Crippen molar-refractivity contribution in [2.24, 2.45) is 5.10 Å². The summed E-state index contributed by atoms with van der Waals surface area (Å²) in [5.41, 5.74) is 5.73. The molecular formula is C30H32ClN7O2. The highest BCUT2D eigenvalue weighted by atomic mass is 35.5. The molecule has 1 aliphatic heterocycles. The highest BCUT2D eigenvalue weighted by Crippen LogP contribution is 2.29. The normalized spacial score (nSPS) is 13.3. The molecule has 0 bridgehead atoms. The molecule has 3 aromatic carbocycles. The molecule has 40 heavy (non-hydrogen) atoms. The van der Waals surface area contributed by atoms with E-state index in [9.17, 15) is 0 Å². The maximum Gasteiger partial charge on any atom is 0.250 e. The van der Waals surface area contributed by atoms with Crippen LogP contribution in [0.3, 0.4) is 0 Å². The van der Waals surface area contributed by atoms with Crippen molar-refractivity contribution < 1.29 is 9.47 Å². The molecule has 0 unspecified atom stereocenters. The summed E-state index contributed by atoms with van der Waals surface area (Å²) in [6.45, 7) is 4.70. The summed E-state index contributed by atoms with van der Waals surface area (Å²) in [4.78, 5) is 16.0. The van der Waals surface area contributed by atoms with Crippen molar-refractivity contribution in [3.63, 3.8) is 0 Å². The average Bonchev–Trinajstić information content (AvgIpc) is 2.99. The third-order valence-corrected chi connectivity index (χ3v) is 6.50. The van der Waals surface area contributed by atoms with Crippen molar-refractivity contribution in [2.75, 3.05) is 35.3 Å². The van der Waals surface area contributed by atoms with E-state index < -0.39 is 0 Å². The maximum atomic E-state index is 6.01. The molecule has 1 aromatic heterocycles. The van der Waals surface area contributed by atoms with Gasteiger partial charge in [-0.3, -0.25) is 0 Å². The van der Waals surface area contributed by atoms with Crippen LogP contribution in [0.5, 0.6) is 11.5 Å². The van der Waals surface area contributed by atoms with Crippen LogP contribution in [-0.4, -0.2) is 40.9 Å². The number of anilines is 4. The summed E-state index contributed by atoms with van der Waals surface area (Å²) in [6, 6.07) is 23.1. The zero-order valence-corrected chi connectivity index (χ0v) is 23.1. The van der Waals surface area contributed by atoms with Crippen molar-refractivity contribution in [2.45, 2.75) is 32.8 Å². The van der Waals surface area contributed by atoms with Crippen LogP contribution in [-0.2, 0) is 6.61 Å². The zero-order chi connectivity index (χ0) is 27.6. The molecule has 1 saturated heterocycles. The van der Waals surface area contributed by atoms with Gasteiger partial charge in [-0.25, -0.2) is 5.43 Å². The van der Waals surface area contributed by atoms with Crippen LogP contribution in [0.1, 0.15) is 37.3 Å². The van der Waals surface area contributed by atoms with Gasteiger partial charge in [-0.2, -0.15) is 20.1 Å². The van der Waals surface area contributed by atoms with Crippen LogP contribution in [0.15, 0.2) is 77.9 Å². The van der Waals surface area contributed by atoms with Crippen molar-refractivity contribution in [3.8, 4) is 11.5 Å². The highest BCUT2D eigenvalue weighted by molar-refractivity contribution is 6.30. The SMILES string of the molecule is CCOc1cc(/C=N\Nc2nc(Nc3ccccc3)nc(N3CCCCC3)n2)ccc1OCc1ccc(Cl)cc1. The standard InChI is InChI=1S/C30H32ClN7O2/c1-2-39-27-19-23(13-16-26(27)40-21-22-11-14-24(31)15-12-22)20-32-37-29-34-28(33-25-9-5-3-6-10-25)35-30(36-29)38-17-7-4-8-18-38/h3,5-6,9-16,19-20H,2,4,7-8,17-18,21H2,1H3,(H2,33,34,35,36,37)/b32-20-. The lowest BCUT2D eigenvalue weighted by Gasteiger charge is -2.26. The van der Waals surface area contributed by atoms with E-state index in [0.29, 0.717) is 47.6 Å². The van der Waals surface area contributed by atoms with Gasteiger partial charge in [0.2, 0.25) is 17.8 Å². The third-order valence-electron chi connectivity index (χ3n) is 6.25. The van der Waals surface area contributed by atoms with Crippen LogP contribution in [0.4, 0.5) is 23.5 Å². The predicted octanol–water partition coefficient (Wildman–Crippen LogP) is 6.68. The number of ether oxygens (including phenoxy) is 2. The third kappa shape index (κ3) is 7.60. The van der Waals surface area contributed by atoms with Gasteiger partial charge >= 0.3 is 0 Å². The van der Waals surface area contributed by atoms with E-state index in [4.69, 9.17) is 21.1 Å². The van der Waals surface area contributed by atoms with Gasteiger partial charge < -0.3 is 19.7 Å². The number of nitrogens with one attached hydrogen (secondary N) is 2. The Morgan fingerprint density at radius 1 is 0.875 bits per heavy atom. The van der Waals surface area contributed by atoms with Crippen molar-refractivity contribution >= 4 is 41.3 Å². The Morgan fingerprint density at radius 2 is 1.65 bits per heavy atom. The summed E-state index contributed by atoms with van der Waals surface area (Å²) in [5.74, 6) is 2.75. The molecule has 2 heterocycles. The number of nitrogens with zero attached hydrogens (tertiary/aromatic N) is 5. The van der Waals surface area contributed by atoms with Gasteiger partial charge in [-0.05, 0) is 79.8 Å². The molecule has 10 heteroatoms. The van der Waals surface area contributed by atoms with Crippen molar-refractivity contribution in [3.05, 3.63) is 88.9 Å². The second kappa shape index (κ2) is 13.6. The molecule has 0 saturated carbocycles. The van der Waals surface area contributed by atoms with E-state index >= 15 is 0 Å². The van der Waals surface area contributed by atoms with E-state index in [0.717, 1.165) is 42.7 Å². The fourth-order valence-corrected chi connectivity index (χ4v) is 4.38. The summed E-state index contributed by atoms with van der Waals surface area (Å²) in [7, 11) is 0. The smallest absolute Gasteiger partial charge is 0.250 e. The van der Waals surface area contributed by atoms with Gasteiger partial charge in [0.25, 0.3) is 0 Å². The Kier molecular flexibility index (Phi) is 9.26. The minimum Gasteiger partial charge on any atom is -0.490 e. The molecule has 0 atom stereocenters. The van der Waals surface area contributed by atoms with Crippen LogP contribution < -0.4 is 25.1 Å². The van der Waals surface area contributed by atoms with E-state index in [2.05, 4.69) is 35.7 Å². The first kappa shape index (κ1) is 27.2. The number of benzene rings is 3. The zero-order valence-electron chi connectivity index (χ0n) is 22.4. The number of hydrogen-bond donors (Lipinski definition) is 2. The van der Waals surface area contributed by atoms with Gasteiger partial charge in [0.15, 0.2) is 11.5 Å². The topological polar surface area (TPSA) is 96.8 Å². The van der Waals surface area contributed by atoms with E-state index in [1.54, 1.807) is 6.21 Å². The summed E-state index contributed by atoms with van der Waals surface area (Å²) in [6.07, 6.45) is 5.16. The molecule has 0 radical (unpaired) electrons. The largest absolute Gasteiger partial charge is 0.490 e. The van der Waals surface area contributed by atoms with E-state index in [1.165, 1.54) is 6.42 Å². The number of rotatable bonds is 11. The van der Waals surface area contributed by atoms with Gasteiger partial charge in [0, 0.05) is 23.8 Å². The van der Waals surface area contributed by atoms with Crippen molar-refractivity contribution in [1.82, 2.24) is 15.0 Å². The number of halogens is 1. The monoisotopic (exact) mass is 557 g/mol. The second-order valence-corrected chi connectivity index (χ2v) is 9.68. The van der Waals surface area contributed by atoms with E-state index in [-0.39, 0.29) is 0 Å². The summed E-state index contributed by atoms with van der Waals surface area (Å²) >= 11 is 5.98. The molecule has 9 nitrogen and oxygen atoms in total. The molecule has 0 aliphatic carbocycles. The van der Waals surface area contributed by atoms with Crippen LogP contribution >= 0.6 is 11.6 Å². The van der Waals surface area contributed by atoms with Gasteiger partial charge in [0.05, 0.1) is 12.8 Å².